The summed E-state index contributed by atoms with van der Waals surface area (Å²) in [6.07, 6.45) is 4.30. The topological polar surface area (TPSA) is 68.4 Å². The van der Waals surface area contributed by atoms with Crippen LogP contribution in [0, 0.1) is 5.92 Å². The maximum absolute atomic E-state index is 5.67. The number of ether oxygens (including phenoxy) is 3. The van der Waals surface area contributed by atoms with Crippen LogP contribution in [0.5, 0.6) is 11.5 Å². The Hall–Kier alpha value is -2.05. The molecule has 3 heterocycles. The van der Waals surface area contributed by atoms with Crippen molar-refractivity contribution in [3.63, 3.8) is 0 Å². The Kier molecular flexibility index (Phi) is 4.66. The second kappa shape index (κ2) is 7.23. The van der Waals surface area contributed by atoms with Crippen molar-refractivity contribution in [1.82, 2.24) is 15.5 Å². The van der Waals surface area contributed by atoms with Gasteiger partial charge in [0.25, 0.3) is 0 Å². The minimum absolute atomic E-state index is 0.595. The summed E-state index contributed by atoms with van der Waals surface area (Å²) in [6.45, 7) is 4.75. The van der Waals surface area contributed by atoms with E-state index in [0.29, 0.717) is 19.1 Å². The smallest absolute Gasteiger partial charge is 0.162 e. The normalized spacial score (nSPS) is 20.1. The SMILES string of the molecule is c1cc2c(cc1-c1[nH]ncc1CNC[C@H]1CCCOC1)OCCO2. The van der Waals surface area contributed by atoms with E-state index in [1.165, 1.54) is 12.8 Å². The van der Waals surface area contributed by atoms with Crippen molar-refractivity contribution in [2.45, 2.75) is 19.4 Å². The number of nitrogens with one attached hydrogen (secondary N) is 2. The molecule has 1 aromatic carbocycles. The molecule has 2 aliphatic rings. The van der Waals surface area contributed by atoms with Crippen LogP contribution in [0.25, 0.3) is 11.3 Å². The lowest BCUT2D eigenvalue weighted by Crippen LogP contribution is -2.28. The first-order valence-electron chi connectivity index (χ1n) is 8.61. The average Bonchev–Trinajstić information content (AvgIpc) is 3.11. The number of H-pyrrole nitrogens is 1. The van der Waals surface area contributed by atoms with E-state index in [1.54, 1.807) is 0 Å². The summed E-state index contributed by atoms with van der Waals surface area (Å²) >= 11 is 0. The van der Waals surface area contributed by atoms with Crippen LogP contribution in [0.15, 0.2) is 24.4 Å². The first-order chi connectivity index (χ1) is 11.9. The quantitative estimate of drug-likeness (QED) is 0.881. The highest BCUT2D eigenvalue weighted by molar-refractivity contribution is 5.66. The molecule has 4 rings (SSSR count). The van der Waals surface area contributed by atoms with Crippen molar-refractivity contribution in [2.24, 2.45) is 5.92 Å². The van der Waals surface area contributed by atoms with Crippen molar-refractivity contribution >= 4 is 0 Å². The highest BCUT2D eigenvalue weighted by Gasteiger charge is 2.16. The van der Waals surface area contributed by atoms with E-state index in [-0.39, 0.29) is 0 Å². The summed E-state index contributed by atoms with van der Waals surface area (Å²) in [4.78, 5) is 0. The van der Waals surface area contributed by atoms with Crippen molar-refractivity contribution in [1.29, 1.82) is 0 Å². The van der Waals surface area contributed by atoms with Gasteiger partial charge in [-0.05, 0) is 37.0 Å². The molecular weight excluding hydrogens is 306 g/mol. The van der Waals surface area contributed by atoms with Crippen LogP contribution in [0.4, 0.5) is 0 Å². The third kappa shape index (κ3) is 3.39. The molecule has 2 aromatic rings. The summed E-state index contributed by atoms with van der Waals surface area (Å²) in [5, 5.41) is 10.9. The first kappa shape index (κ1) is 15.5. The fourth-order valence-electron chi connectivity index (χ4n) is 3.27. The lowest BCUT2D eigenvalue weighted by atomic mass is 10.0. The molecule has 1 atom stereocenters. The Bertz CT molecular complexity index is 680. The second-order valence-corrected chi connectivity index (χ2v) is 6.34. The third-order valence-electron chi connectivity index (χ3n) is 4.55. The molecule has 24 heavy (non-hydrogen) atoms. The molecule has 2 aliphatic heterocycles. The van der Waals surface area contributed by atoms with E-state index in [9.17, 15) is 0 Å². The zero-order chi connectivity index (χ0) is 16.2. The number of fused-ring (bicyclic) bond motifs is 1. The van der Waals surface area contributed by atoms with Gasteiger partial charge in [-0.1, -0.05) is 0 Å². The van der Waals surface area contributed by atoms with Gasteiger partial charge in [0.05, 0.1) is 18.5 Å². The highest BCUT2D eigenvalue weighted by Crippen LogP contribution is 2.34. The molecule has 0 bridgehead atoms. The minimum Gasteiger partial charge on any atom is -0.486 e. The van der Waals surface area contributed by atoms with Crippen LogP contribution in [0.3, 0.4) is 0 Å². The number of hydrogen-bond acceptors (Lipinski definition) is 5. The highest BCUT2D eigenvalue weighted by atomic mass is 16.6. The van der Waals surface area contributed by atoms with Crippen LogP contribution < -0.4 is 14.8 Å². The molecule has 0 unspecified atom stereocenters. The largest absolute Gasteiger partial charge is 0.486 e. The van der Waals surface area contributed by atoms with Gasteiger partial charge in [-0.3, -0.25) is 5.10 Å². The number of hydrogen-bond donors (Lipinski definition) is 2. The van der Waals surface area contributed by atoms with E-state index >= 15 is 0 Å². The molecule has 6 nitrogen and oxygen atoms in total. The van der Waals surface area contributed by atoms with Gasteiger partial charge < -0.3 is 19.5 Å². The van der Waals surface area contributed by atoms with E-state index in [4.69, 9.17) is 14.2 Å². The van der Waals surface area contributed by atoms with E-state index in [1.807, 2.05) is 24.4 Å². The van der Waals surface area contributed by atoms with Crippen LogP contribution >= 0.6 is 0 Å². The molecule has 0 spiro atoms. The summed E-state index contributed by atoms with van der Waals surface area (Å²) < 4.78 is 16.8. The molecule has 1 aromatic heterocycles. The van der Waals surface area contributed by atoms with Gasteiger partial charge in [0.15, 0.2) is 11.5 Å². The van der Waals surface area contributed by atoms with Crippen molar-refractivity contribution in [3.8, 4) is 22.8 Å². The summed E-state index contributed by atoms with van der Waals surface area (Å²) in [5.74, 6) is 2.22. The Labute approximate surface area is 141 Å². The number of aromatic nitrogens is 2. The maximum Gasteiger partial charge on any atom is 0.162 e. The Balaban J connectivity index is 1.42. The monoisotopic (exact) mass is 329 g/mol. The molecule has 6 heteroatoms. The molecule has 0 amide bonds. The molecule has 1 fully saturated rings. The summed E-state index contributed by atoms with van der Waals surface area (Å²) in [7, 11) is 0. The number of nitrogens with zero attached hydrogens (tertiary/aromatic N) is 1. The Morgan fingerprint density at radius 1 is 1.17 bits per heavy atom. The van der Waals surface area contributed by atoms with Gasteiger partial charge in [-0.2, -0.15) is 5.10 Å². The van der Waals surface area contributed by atoms with Gasteiger partial charge in [-0.15, -0.1) is 0 Å². The van der Waals surface area contributed by atoms with E-state index < -0.39 is 0 Å². The molecule has 0 aliphatic carbocycles. The third-order valence-corrected chi connectivity index (χ3v) is 4.55. The fraction of sp³-hybridized carbons (Fsp3) is 0.500. The van der Waals surface area contributed by atoms with Gasteiger partial charge in [0.2, 0.25) is 0 Å². The first-order valence-corrected chi connectivity index (χ1v) is 8.61. The molecule has 128 valence electrons. The number of benzene rings is 1. The minimum atomic E-state index is 0.595. The van der Waals surface area contributed by atoms with E-state index in [0.717, 1.165) is 54.6 Å². The van der Waals surface area contributed by atoms with Gasteiger partial charge in [0.1, 0.15) is 13.2 Å². The van der Waals surface area contributed by atoms with Crippen LogP contribution in [0.1, 0.15) is 18.4 Å². The average molecular weight is 329 g/mol. The molecule has 2 N–H and O–H groups in total. The Morgan fingerprint density at radius 3 is 2.96 bits per heavy atom. The predicted octanol–water partition coefficient (Wildman–Crippen LogP) is 2.36. The van der Waals surface area contributed by atoms with Crippen LogP contribution in [0.2, 0.25) is 0 Å². The van der Waals surface area contributed by atoms with Crippen molar-refractivity contribution < 1.29 is 14.2 Å². The number of rotatable bonds is 5. The lowest BCUT2D eigenvalue weighted by Gasteiger charge is -2.22. The zero-order valence-electron chi connectivity index (χ0n) is 13.7. The molecule has 1 saturated heterocycles. The van der Waals surface area contributed by atoms with Crippen molar-refractivity contribution in [3.05, 3.63) is 30.0 Å². The Morgan fingerprint density at radius 2 is 2.08 bits per heavy atom. The molecule has 0 saturated carbocycles. The van der Waals surface area contributed by atoms with Gasteiger partial charge in [0, 0.05) is 30.8 Å². The summed E-state index contributed by atoms with van der Waals surface area (Å²) in [5.41, 5.74) is 3.25. The van der Waals surface area contributed by atoms with Crippen molar-refractivity contribution in [2.75, 3.05) is 33.0 Å². The second-order valence-electron chi connectivity index (χ2n) is 6.34. The van der Waals surface area contributed by atoms with Crippen LogP contribution in [-0.4, -0.2) is 43.2 Å². The summed E-state index contributed by atoms with van der Waals surface area (Å²) in [6, 6.07) is 6.02. The van der Waals surface area contributed by atoms with Gasteiger partial charge >= 0.3 is 0 Å². The lowest BCUT2D eigenvalue weighted by molar-refractivity contribution is 0.0547. The van der Waals surface area contributed by atoms with Gasteiger partial charge in [-0.25, -0.2) is 0 Å². The predicted molar refractivity (Wildman–Crippen MR) is 90.3 cm³/mol. The molecular formula is C18H23N3O3. The number of aromatic amines is 1. The zero-order valence-corrected chi connectivity index (χ0v) is 13.7. The molecule has 0 radical (unpaired) electrons. The maximum atomic E-state index is 5.67. The van der Waals surface area contributed by atoms with E-state index in [2.05, 4.69) is 15.5 Å². The fourth-order valence-corrected chi connectivity index (χ4v) is 3.27. The standard InChI is InChI=1S/C18H23N3O3/c1-2-13(12-22-5-1)9-19-10-15-11-20-21-18(15)14-3-4-16-17(8-14)24-7-6-23-16/h3-4,8,11,13,19H,1-2,5-7,9-10,12H2,(H,20,21)/t13-/m1/s1. The van der Waals surface area contributed by atoms with Crippen LogP contribution in [-0.2, 0) is 11.3 Å².